The maximum Gasteiger partial charge on any atom is 0.348 e. The SMILES string of the molecule is COc1cccc(NC(=O)COC(=O)c2cc(-c3ccccc3)c(N3CCOCC3)s2)c1. The zero-order valence-corrected chi connectivity index (χ0v) is 18.5. The van der Waals surface area contributed by atoms with Gasteiger partial charge in [-0.25, -0.2) is 4.79 Å². The number of nitrogens with zero attached hydrogens (tertiary/aromatic N) is 1. The van der Waals surface area contributed by atoms with Gasteiger partial charge in [0, 0.05) is 30.4 Å². The minimum absolute atomic E-state index is 0.374. The quantitative estimate of drug-likeness (QED) is 0.545. The van der Waals surface area contributed by atoms with E-state index in [1.54, 1.807) is 31.4 Å². The van der Waals surface area contributed by atoms with Crippen molar-refractivity contribution in [3.63, 3.8) is 0 Å². The number of nitrogens with one attached hydrogen (secondary N) is 1. The number of carbonyl (C=O) groups excluding carboxylic acids is 2. The molecule has 2 heterocycles. The number of anilines is 2. The zero-order chi connectivity index (χ0) is 22.3. The van der Waals surface area contributed by atoms with Gasteiger partial charge >= 0.3 is 5.97 Å². The van der Waals surface area contributed by atoms with Gasteiger partial charge in [0.05, 0.1) is 25.3 Å². The second kappa shape index (κ2) is 10.3. The van der Waals surface area contributed by atoms with E-state index in [4.69, 9.17) is 14.2 Å². The number of benzene rings is 2. The topological polar surface area (TPSA) is 77.1 Å². The van der Waals surface area contributed by atoms with Crippen LogP contribution in [0.25, 0.3) is 11.1 Å². The van der Waals surface area contributed by atoms with Crippen molar-refractivity contribution in [2.45, 2.75) is 0 Å². The Hall–Kier alpha value is -3.36. The van der Waals surface area contributed by atoms with Crippen LogP contribution in [0.2, 0.25) is 0 Å². The van der Waals surface area contributed by atoms with Crippen molar-refractivity contribution in [3.05, 3.63) is 65.5 Å². The van der Waals surface area contributed by atoms with Crippen LogP contribution in [-0.2, 0) is 14.3 Å². The molecule has 4 rings (SSSR count). The van der Waals surface area contributed by atoms with Crippen molar-refractivity contribution in [3.8, 4) is 16.9 Å². The third-order valence-corrected chi connectivity index (χ3v) is 6.16. The first-order valence-corrected chi connectivity index (χ1v) is 11.1. The second-order valence-electron chi connectivity index (χ2n) is 7.15. The normalized spacial score (nSPS) is 13.5. The molecule has 8 heteroatoms. The summed E-state index contributed by atoms with van der Waals surface area (Å²) < 4.78 is 15.9. The molecule has 0 aliphatic carbocycles. The first kappa shape index (κ1) is 21.9. The minimum atomic E-state index is -0.521. The van der Waals surface area contributed by atoms with Crippen LogP contribution in [-0.4, -0.2) is 51.9 Å². The van der Waals surface area contributed by atoms with Crippen molar-refractivity contribution in [1.82, 2.24) is 0 Å². The maximum atomic E-state index is 12.7. The Bertz CT molecular complexity index is 1080. The van der Waals surface area contributed by atoms with Crippen molar-refractivity contribution in [1.29, 1.82) is 0 Å². The van der Waals surface area contributed by atoms with Crippen LogP contribution < -0.4 is 15.0 Å². The molecule has 32 heavy (non-hydrogen) atoms. The summed E-state index contributed by atoms with van der Waals surface area (Å²) in [6, 6.07) is 18.8. The van der Waals surface area contributed by atoms with Crippen LogP contribution >= 0.6 is 11.3 Å². The summed E-state index contributed by atoms with van der Waals surface area (Å²) >= 11 is 1.38. The van der Waals surface area contributed by atoms with Crippen LogP contribution in [0.4, 0.5) is 10.7 Å². The molecule has 2 aromatic carbocycles. The molecule has 3 aromatic rings. The van der Waals surface area contributed by atoms with E-state index in [-0.39, 0.29) is 6.61 Å². The van der Waals surface area contributed by atoms with E-state index in [2.05, 4.69) is 10.2 Å². The summed E-state index contributed by atoms with van der Waals surface area (Å²) in [7, 11) is 1.55. The highest BCUT2D eigenvalue weighted by molar-refractivity contribution is 7.18. The lowest BCUT2D eigenvalue weighted by molar-refractivity contribution is -0.119. The van der Waals surface area contributed by atoms with Gasteiger partial charge in [-0.2, -0.15) is 0 Å². The maximum absolute atomic E-state index is 12.7. The second-order valence-corrected chi connectivity index (χ2v) is 8.18. The summed E-state index contributed by atoms with van der Waals surface area (Å²) in [6.45, 7) is 2.45. The molecule has 0 unspecified atom stereocenters. The molecule has 1 aliphatic rings. The molecule has 0 bridgehead atoms. The van der Waals surface area contributed by atoms with E-state index >= 15 is 0 Å². The van der Waals surface area contributed by atoms with Crippen LogP contribution in [0.5, 0.6) is 5.75 Å². The highest BCUT2D eigenvalue weighted by Crippen LogP contribution is 2.39. The Labute approximate surface area is 190 Å². The van der Waals surface area contributed by atoms with E-state index in [0.717, 1.165) is 29.2 Å². The number of ether oxygens (including phenoxy) is 3. The van der Waals surface area contributed by atoms with Gasteiger partial charge in [0.25, 0.3) is 5.91 Å². The molecule has 1 aromatic heterocycles. The Balaban J connectivity index is 1.46. The number of thiophene rings is 1. The number of amides is 1. The van der Waals surface area contributed by atoms with E-state index in [0.29, 0.717) is 29.5 Å². The Morgan fingerprint density at radius 1 is 1.06 bits per heavy atom. The smallest absolute Gasteiger partial charge is 0.348 e. The van der Waals surface area contributed by atoms with E-state index < -0.39 is 11.9 Å². The van der Waals surface area contributed by atoms with Crippen molar-refractivity contribution in [2.24, 2.45) is 0 Å². The first-order chi connectivity index (χ1) is 15.6. The summed E-state index contributed by atoms with van der Waals surface area (Å²) in [6.07, 6.45) is 0. The van der Waals surface area contributed by atoms with Gasteiger partial charge < -0.3 is 24.4 Å². The number of methoxy groups -OCH3 is 1. The average molecular weight is 453 g/mol. The van der Waals surface area contributed by atoms with Crippen LogP contribution in [0.3, 0.4) is 0 Å². The Kier molecular flexibility index (Phi) is 7.03. The molecule has 0 spiro atoms. The van der Waals surface area contributed by atoms with E-state index in [1.807, 2.05) is 36.4 Å². The first-order valence-electron chi connectivity index (χ1n) is 10.3. The van der Waals surface area contributed by atoms with E-state index in [9.17, 15) is 9.59 Å². The molecule has 1 amide bonds. The summed E-state index contributed by atoms with van der Waals surface area (Å²) in [5.41, 5.74) is 2.58. The summed E-state index contributed by atoms with van der Waals surface area (Å²) in [5, 5.41) is 3.71. The molecular weight excluding hydrogens is 428 g/mol. The zero-order valence-electron chi connectivity index (χ0n) is 17.7. The minimum Gasteiger partial charge on any atom is -0.497 e. The molecule has 0 saturated carbocycles. The van der Waals surface area contributed by atoms with Crippen molar-refractivity contribution < 1.29 is 23.8 Å². The number of esters is 1. The monoisotopic (exact) mass is 452 g/mol. The van der Waals surface area contributed by atoms with E-state index in [1.165, 1.54) is 11.3 Å². The molecule has 0 atom stereocenters. The predicted molar refractivity (Wildman–Crippen MR) is 125 cm³/mol. The fourth-order valence-corrected chi connectivity index (χ4v) is 4.53. The third kappa shape index (κ3) is 5.27. The van der Waals surface area contributed by atoms with Crippen LogP contribution in [0.1, 0.15) is 9.67 Å². The summed E-state index contributed by atoms with van der Waals surface area (Å²) in [5.74, 6) is -0.310. The fourth-order valence-electron chi connectivity index (χ4n) is 3.41. The Morgan fingerprint density at radius 2 is 1.84 bits per heavy atom. The number of hydrogen-bond donors (Lipinski definition) is 1. The number of carbonyl (C=O) groups is 2. The molecule has 1 N–H and O–H groups in total. The largest absolute Gasteiger partial charge is 0.497 e. The average Bonchev–Trinajstić information content (AvgIpc) is 3.29. The highest BCUT2D eigenvalue weighted by Gasteiger charge is 2.23. The van der Waals surface area contributed by atoms with Crippen LogP contribution in [0.15, 0.2) is 60.7 Å². The lowest BCUT2D eigenvalue weighted by Crippen LogP contribution is -2.35. The molecule has 0 radical (unpaired) electrons. The van der Waals surface area contributed by atoms with Gasteiger partial charge in [-0.1, -0.05) is 36.4 Å². The van der Waals surface area contributed by atoms with Crippen LogP contribution in [0, 0.1) is 0 Å². The van der Waals surface area contributed by atoms with Gasteiger partial charge in [0.15, 0.2) is 6.61 Å². The molecule has 7 nitrogen and oxygen atoms in total. The molecule has 1 aliphatic heterocycles. The molecule has 1 saturated heterocycles. The number of rotatable bonds is 7. The summed E-state index contributed by atoms with van der Waals surface area (Å²) in [4.78, 5) is 27.7. The lowest BCUT2D eigenvalue weighted by Gasteiger charge is -2.28. The fraction of sp³-hybridized carbons (Fsp3) is 0.250. The van der Waals surface area contributed by atoms with Gasteiger partial charge in [-0.15, -0.1) is 11.3 Å². The van der Waals surface area contributed by atoms with Gasteiger partial charge in [-0.05, 0) is 23.8 Å². The van der Waals surface area contributed by atoms with Crippen molar-refractivity contribution >= 4 is 33.9 Å². The van der Waals surface area contributed by atoms with Gasteiger partial charge in [-0.3, -0.25) is 4.79 Å². The third-order valence-electron chi connectivity index (χ3n) is 4.98. The highest BCUT2D eigenvalue weighted by atomic mass is 32.1. The number of hydrogen-bond acceptors (Lipinski definition) is 7. The predicted octanol–water partition coefficient (Wildman–Crippen LogP) is 4.06. The van der Waals surface area contributed by atoms with Crippen molar-refractivity contribution in [2.75, 3.05) is 50.2 Å². The lowest BCUT2D eigenvalue weighted by atomic mass is 10.1. The Morgan fingerprint density at radius 3 is 2.59 bits per heavy atom. The number of morpholine rings is 1. The van der Waals surface area contributed by atoms with Gasteiger partial charge in [0.2, 0.25) is 0 Å². The standard InChI is InChI=1S/C24H24N2O5S/c1-29-19-9-5-8-18(14-19)25-22(27)16-31-24(28)21-15-20(17-6-3-2-4-7-17)23(32-21)26-10-12-30-13-11-26/h2-9,14-15H,10-13,16H2,1H3,(H,25,27). The molecular formula is C24H24N2O5S. The van der Waals surface area contributed by atoms with Gasteiger partial charge in [0.1, 0.15) is 10.6 Å². The molecule has 166 valence electrons. The molecule has 1 fully saturated rings.